The lowest BCUT2D eigenvalue weighted by Crippen LogP contribution is -2.49. The molecule has 6 heteroatoms. The smallest absolute Gasteiger partial charge is 0.255 e. The third-order valence-corrected chi connectivity index (χ3v) is 4.55. The fourth-order valence-corrected chi connectivity index (χ4v) is 3.36. The molecule has 3 rings (SSSR count). The summed E-state index contributed by atoms with van der Waals surface area (Å²) in [6, 6.07) is 0.152. The number of aryl methyl sites for hydroxylation is 2. The molecule has 2 aliphatic rings. The Morgan fingerprint density at radius 3 is 2.62 bits per heavy atom. The molecule has 1 saturated heterocycles. The van der Waals surface area contributed by atoms with E-state index in [4.69, 9.17) is 9.47 Å². The van der Waals surface area contributed by atoms with Crippen molar-refractivity contribution in [3.05, 3.63) is 17.0 Å². The average Bonchev–Trinajstić information content (AvgIpc) is 2.72. The molecule has 3 unspecified atom stereocenters. The number of hydrogen-bond donors (Lipinski definition) is 1. The van der Waals surface area contributed by atoms with Gasteiger partial charge in [-0.05, 0) is 33.1 Å². The van der Waals surface area contributed by atoms with Crippen molar-refractivity contribution in [2.24, 2.45) is 7.05 Å². The van der Waals surface area contributed by atoms with E-state index in [2.05, 4.69) is 10.4 Å². The predicted octanol–water partition coefficient (Wildman–Crippen LogP) is 1.10. The second-order valence-electron chi connectivity index (χ2n) is 5.97. The normalized spacial score (nSPS) is 29.0. The summed E-state index contributed by atoms with van der Waals surface area (Å²) in [4.78, 5) is 12.5. The summed E-state index contributed by atoms with van der Waals surface area (Å²) in [6.07, 6.45) is 3.03. The van der Waals surface area contributed by atoms with Gasteiger partial charge in [0.2, 0.25) is 0 Å². The molecule has 1 aromatic heterocycles. The SMILES string of the molecule is Cc1nn(C)c(C)c1C(=O)NC1CCC2OCCOC2C1. The predicted molar refractivity (Wildman–Crippen MR) is 77.3 cm³/mol. The fraction of sp³-hybridized carbons (Fsp3) is 0.733. The van der Waals surface area contributed by atoms with Gasteiger partial charge in [-0.2, -0.15) is 5.10 Å². The molecule has 1 amide bonds. The van der Waals surface area contributed by atoms with Gasteiger partial charge in [0, 0.05) is 18.8 Å². The molecule has 6 nitrogen and oxygen atoms in total. The number of carbonyl (C=O) groups is 1. The Balaban J connectivity index is 1.65. The van der Waals surface area contributed by atoms with E-state index in [0.29, 0.717) is 18.8 Å². The van der Waals surface area contributed by atoms with Crippen LogP contribution in [-0.4, -0.2) is 47.2 Å². The number of fused-ring (bicyclic) bond motifs is 1. The minimum Gasteiger partial charge on any atom is -0.373 e. The minimum atomic E-state index is -0.0294. The van der Waals surface area contributed by atoms with Crippen molar-refractivity contribution in [2.45, 2.75) is 51.4 Å². The van der Waals surface area contributed by atoms with E-state index >= 15 is 0 Å². The van der Waals surface area contributed by atoms with Crippen molar-refractivity contribution in [1.29, 1.82) is 0 Å². The highest BCUT2D eigenvalue weighted by molar-refractivity contribution is 5.96. The monoisotopic (exact) mass is 293 g/mol. The second kappa shape index (κ2) is 5.77. The first kappa shape index (κ1) is 14.5. The Morgan fingerprint density at radius 2 is 1.95 bits per heavy atom. The molecule has 2 heterocycles. The van der Waals surface area contributed by atoms with Crippen molar-refractivity contribution in [1.82, 2.24) is 15.1 Å². The Morgan fingerprint density at radius 1 is 1.24 bits per heavy atom. The quantitative estimate of drug-likeness (QED) is 0.887. The van der Waals surface area contributed by atoms with Crippen LogP contribution in [0.25, 0.3) is 0 Å². The summed E-state index contributed by atoms with van der Waals surface area (Å²) in [5.74, 6) is -0.0294. The topological polar surface area (TPSA) is 65.4 Å². The molecule has 0 aromatic carbocycles. The maximum absolute atomic E-state index is 12.5. The van der Waals surface area contributed by atoms with Gasteiger partial charge in [0.25, 0.3) is 5.91 Å². The van der Waals surface area contributed by atoms with Gasteiger partial charge in [-0.15, -0.1) is 0 Å². The van der Waals surface area contributed by atoms with Crippen LogP contribution in [0.2, 0.25) is 0 Å². The van der Waals surface area contributed by atoms with E-state index in [0.717, 1.165) is 30.7 Å². The van der Waals surface area contributed by atoms with Gasteiger partial charge < -0.3 is 14.8 Å². The second-order valence-corrected chi connectivity index (χ2v) is 5.97. The molecule has 0 radical (unpaired) electrons. The zero-order chi connectivity index (χ0) is 15.0. The third kappa shape index (κ3) is 2.82. The van der Waals surface area contributed by atoms with Crippen LogP contribution in [0.3, 0.4) is 0 Å². The summed E-state index contributed by atoms with van der Waals surface area (Å²) >= 11 is 0. The average molecular weight is 293 g/mol. The Bertz CT molecular complexity index is 541. The van der Waals surface area contributed by atoms with Gasteiger partial charge >= 0.3 is 0 Å². The summed E-state index contributed by atoms with van der Waals surface area (Å²) in [6.45, 7) is 5.13. The van der Waals surface area contributed by atoms with Crippen LogP contribution in [0, 0.1) is 13.8 Å². The van der Waals surface area contributed by atoms with Crippen LogP contribution in [0.4, 0.5) is 0 Å². The van der Waals surface area contributed by atoms with E-state index in [1.165, 1.54) is 0 Å². The van der Waals surface area contributed by atoms with E-state index in [-0.39, 0.29) is 24.2 Å². The summed E-state index contributed by atoms with van der Waals surface area (Å²) in [5.41, 5.74) is 2.37. The molecule has 1 saturated carbocycles. The lowest BCUT2D eigenvalue weighted by molar-refractivity contribution is -0.157. The zero-order valence-corrected chi connectivity index (χ0v) is 12.9. The maximum Gasteiger partial charge on any atom is 0.255 e. The lowest BCUT2D eigenvalue weighted by Gasteiger charge is -2.39. The highest BCUT2D eigenvalue weighted by atomic mass is 16.6. The number of hydrogen-bond acceptors (Lipinski definition) is 4. The number of rotatable bonds is 2. The molecule has 0 bridgehead atoms. The highest BCUT2D eigenvalue weighted by Gasteiger charge is 2.35. The first-order valence-electron chi connectivity index (χ1n) is 7.60. The van der Waals surface area contributed by atoms with Gasteiger partial charge in [0.1, 0.15) is 0 Å². The fourth-order valence-electron chi connectivity index (χ4n) is 3.36. The number of aromatic nitrogens is 2. The van der Waals surface area contributed by atoms with Crippen LogP contribution < -0.4 is 5.32 Å². The standard InChI is InChI=1S/C15H23N3O3/c1-9-14(10(2)18(3)17-9)15(19)16-11-4-5-12-13(8-11)21-7-6-20-12/h11-13H,4-8H2,1-3H3,(H,16,19). The van der Waals surface area contributed by atoms with E-state index in [1.807, 2.05) is 20.9 Å². The van der Waals surface area contributed by atoms with E-state index < -0.39 is 0 Å². The number of amides is 1. The first-order chi connectivity index (χ1) is 10.1. The van der Waals surface area contributed by atoms with Gasteiger partial charge in [-0.1, -0.05) is 0 Å². The molecule has 1 aliphatic heterocycles. The molecule has 0 spiro atoms. The largest absolute Gasteiger partial charge is 0.373 e. The van der Waals surface area contributed by atoms with Crippen LogP contribution in [0.1, 0.15) is 41.0 Å². The van der Waals surface area contributed by atoms with Crippen molar-refractivity contribution >= 4 is 5.91 Å². The molecule has 2 fully saturated rings. The molecular formula is C15H23N3O3. The Labute approximate surface area is 124 Å². The Kier molecular flexibility index (Phi) is 3.99. The molecule has 1 aromatic rings. The zero-order valence-electron chi connectivity index (χ0n) is 12.9. The van der Waals surface area contributed by atoms with E-state index in [1.54, 1.807) is 4.68 Å². The van der Waals surface area contributed by atoms with Crippen LogP contribution >= 0.6 is 0 Å². The first-order valence-corrected chi connectivity index (χ1v) is 7.60. The van der Waals surface area contributed by atoms with Crippen molar-refractivity contribution in [3.8, 4) is 0 Å². The third-order valence-electron chi connectivity index (χ3n) is 4.55. The molecule has 1 N–H and O–H groups in total. The summed E-state index contributed by atoms with van der Waals surface area (Å²) in [7, 11) is 1.86. The van der Waals surface area contributed by atoms with Crippen LogP contribution in [0.5, 0.6) is 0 Å². The number of nitrogens with zero attached hydrogens (tertiary/aromatic N) is 2. The van der Waals surface area contributed by atoms with Crippen molar-refractivity contribution in [3.63, 3.8) is 0 Å². The number of nitrogens with one attached hydrogen (secondary N) is 1. The molecular weight excluding hydrogens is 270 g/mol. The van der Waals surface area contributed by atoms with Gasteiger partial charge in [0.15, 0.2) is 0 Å². The van der Waals surface area contributed by atoms with Crippen LogP contribution in [0.15, 0.2) is 0 Å². The molecule has 21 heavy (non-hydrogen) atoms. The number of carbonyl (C=O) groups excluding carboxylic acids is 1. The summed E-state index contributed by atoms with van der Waals surface area (Å²) < 4.78 is 13.2. The molecule has 1 aliphatic carbocycles. The summed E-state index contributed by atoms with van der Waals surface area (Å²) in [5, 5.41) is 7.44. The maximum atomic E-state index is 12.5. The molecule has 116 valence electrons. The molecule has 3 atom stereocenters. The van der Waals surface area contributed by atoms with Crippen LogP contribution in [-0.2, 0) is 16.5 Å². The lowest BCUT2D eigenvalue weighted by atomic mass is 9.89. The number of ether oxygens (including phenoxy) is 2. The van der Waals surface area contributed by atoms with Gasteiger partial charge in [0.05, 0.1) is 36.7 Å². The van der Waals surface area contributed by atoms with Gasteiger partial charge in [-0.25, -0.2) is 0 Å². The van der Waals surface area contributed by atoms with Crippen molar-refractivity contribution < 1.29 is 14.3 Å². The van der Waals surface area contributed by atoms with E-state index in [9.17, 15) is 4.79 Å². The minimum absolute atomic E-state index is 0.0294. The van der Waals surface area contributed by atoms with Gasteiger partial charge in [-0.3, -0.25) is 9.48 Å². The highest BCUT2D eigenvalue weighted by Crippen LogP contribution is 2.27. The Hall–Kier alpha value is -1.40. The van der Waals surface area contributed by atoms with Crippen molar-refractivity contribution in [2.75, 3.05) is 13.2 Å².